The van der Waals surface area contributed by atoms with E-state index >= 15 is 0 Å². The van der Waals surface area contributed by atoms with Crippen LogP contribution in [0.15, 0.2) is 76.7 Å². The highest BCUT2D eigenvalue weighted by molar-refractivity contribution is 7.92. The summed E-state index contributed by atoms with van der Waals surface area (Å²) in [7, 11) is -1.11. The standard InChI is InChI=1S/C23H21Cl2N3O5S/c1-32-20-12-11-16(13-21(20)33-2)14-26-27-22(29)15-28(19-10-6-9-18(24)23(19)25)34(30,31)17-7-4-3-5-8-17/h3-14H,15H2,1-2H3,(H,27,29)/b26-14+. The summed E-state index contributed by atoms with van der Waals surface area (Å²) in [5.74, 6) is 0.352. The third-order valence-electron chi connectivity index (χ3n) is 4.63. The van der Waals surface area contributed by atoms with Crippen molar-refractivity contribution in [2.75, 3.05) is 25.1 Å². The van der Waals surface area contributed by atoms with Gasteiger partial charge >= 0.3 is 0 Å². The summed E-state index contributed by atoms with van der Waals surface area (Å²) in [6.07, 6.45) is 1.39. The van der Waals surface area contributed by atoms with E-state index in [1.807, 2.05) is 0 Å². The van der Waals surface area contributed by atoms with Gasteiger partial charge in [-0.1, -0.05) is 47.5 Å². The van der Waals surface area contributed by atoms with E-state index in [1.165, 1.54) is 44.7 Å². The Kier molecular flexibility index (Phi) is 8.38. The number of halogens is 2. The Morgan fingerprint density at radius 1 is 1.00 bits per heavy atom. The van der Waals surface area contributed by atoms with Crippen LogP contribution in [-0.4, -0.2) is 41.3 Å². The number of rotatable bonds is 9. The highest BCUT2D eigenvalue weighted by atomic mass is 35.5. The number of ether oxygens (including phenoxy) is 2. The van der Waals surface area contributed by atoms with E-state index in [-0.39, 0.29) is 20.6 Å². The molecular formula is C23H21Cl2N3O5S. The smallest absolute Gasteiger partial charge is 0.264 e. The molecule has 0 radical (unpaired) electrons. The van der Waals surface area contributed by atoms with Crippen molar-refractivity contribution < 1.29 is 22.7 Å². The van der Waals surface area contributed by atoms with Gasteiger partial charge in [-0.25, -0.2) is 13.8 Å². The zero-order chi connectivity index (χ0) is 24.7. The molecule has 3 aromatic rings. The number of hydrogen-bond donors (Lipinski definition) is 1. The number of nitrogens with one attached hydrogen (secondary N) is 1. The summed E-state index contributed by atoms with van der Waals surface area (Å²) in [5, 5.41) is 4.07. The molecule has 8 nitrogen and oxygen atoms in total. The first-order valence-corrected chi connectivity index (χ1v) is 12.0. The molecule has 1 amide bonds. The summed E-state index contributed by atoms with van der Waals surface area (Å²) in [5.41, 5.74) is 3.03. The van der Waals surface area contributed by atoms with Crippen LogP contribution in [0.2, 0.25) is 10.0 Å². The van der Waals surface area contributed by atoms with Crippen molar-refractivity contribution >= 4 is 51.0 Å². The first-order valence-electron chi connectivity index (χ1n) is 9.83. The lowest BCUT2D eigenvalue weighted by atomic mass is 10.2. The average molecular weight is 522 g/mol. The molecule has 0 saturated heterocycles. The molecule has 178 valence electrons. The molecule has 11 heteroatoms. The highest BCUT2D eigenvalue weighted by Crippen LogP contribution is 2.35. The van der Waals surface area contributed by atoms with Crippen molar-refractivity contribution in [1.82, 2.24) is 5.43 Å². The number of hydrazone groups is 1. The largest absolute Gasteiger partial charge is 0.493 e. The molecule has 0 saturated carbocycles. The molecule has 0 aliphatic heterocycles. The molecule has 0 fully saturated rings. The Hall–Kier alpha value is -3.27. The Morgan fingerprint density at radius 3 is 2.38 bits per heavy atom. The zero-order valence-corrected chi connectivity index (χ0v) is 20.6. The fourth-order valence-corrected chi connectivity index (χ4v) is 4.88. The number of nitrogens with zero attached hydrogens (tertiary/aromatic N) is 2. The van der Waals surface area contributed by atoms with E-state index in [4.69, 9.17) is 32.7 Å². The molecular weight excluding hydrogens is 501 g/mol. The molecule has 0 spiro atoms. The maximum absolute atomic E-state index is 13.3. The van der Waals surface area contributed by atoms with Crippen LogP contribution in [-0.2, 0) is 14.8 Å². The van der Waals surface area contributed by atoms with Crippen molar-refractivity contribution in [2.45, 2.75) is 4.90 Å². The minimum Gasteiger partial charge on any atom is -0.493 e. The van der Waals surface area contributed by atoms with Gasteiger partial charge in [0.15, 0.2) is 11.5 Å². The van der Waals surface area contributed by atoms with Gasteiger partial charge in [0.1, 0.15) is 6.54 Å². The van der Waals surface area contributed by atoms with Crippen molar-refractivity contribution in [3.63, 3.8) is 0 Å². The van der Waals surface area contributed by atoms with Gasteiger partial charge < -0.3 is 9.47 Å². The van der Waals surface area contributed by atoms with Gasteiger partial charge in [0.25, 0.3) is 15.9 Å². The Balaban J connectivity index is 1.85. The molecule has 3 rings (SSSR count). The number of carbonyl (C=O) groups excluding carboxylic acids is 1. The lowest BCUT2D eigenvalue weighted by Crippen LogP contribution is -2.39. The molecule has 0 heterocycles. The number of carbonyl (C=O) groups is 1. The average Bonchev–Trinajstić information content (AvgIpc) is 2.84. The second-order valence-corrected chi connectivity index (χ2v) is 9.45. The van der Waals surface area contributed by atoms with E-state index in [1.54, 1.807) is 42.5 Å². The lowest BCUT2D eigenvalue weighted by molar-refractivity contribution is -0.119. The molecule has 1 N–H and O–H groups in total. The van der Waals surface area contributed by atoms with Gasteiger partial charge in [0.05, 0.1) is 41.1 Å². The quantitative estimate of drug-likeness (QED) is 0.333. The normalized spacial score (nSPS) is 11.3. The lowest BCUT2D eigenvalue weighted by Gasteiger charge is -2.24. The fourth-order valence-electron chi connectivity index (χ4n) is 2.98. The van der Waals surface area contributed by atoms with Gasteiger partial charge in [-0.05, 0) is 48.0 Å². The number of sulfonamides is 1. The number of benzene rings is 3. The first kappa shape index (κ1) is 25.4. The van der Waals surface area contributed by atoms with E-state index in [2.05, 4.69) is 10.5 Å². The first-order chi connectivity index (χ1) is 16.3. The minimum absolute atomic E-state index is 0.00491. The number of hydrogen-bond acceptors (Lipinski definition) is 6. The second-order valence-electron chi connectivity index (χ2n) is 6.81. The molecule has 0 aliphatic carbocycles. The van der Waals surface area contributed by atoms with E-state index in [0.29, 0.717) is 17.1 Å². The zero-order valence-electron chi connectivity index (χ0n) is 18.2. The van der Waals surface area contributed by atoms with E-state index in [9.17, 15) is 13.2 Å². The van der Waals surface area contributed by atoms with Gasteiger partial charge in [-0.2, -0.15) is 5.10 Å². The summed E-state index contributed by atoms with van der Waals surface area (Å²) in [6, 6.07) is 17.3. The summed E-state index contributed by atoms with van der Waals surface area (Å²) < 4.78 is 38.0. The van der Waals surface area contributed by atoms with Crippen LogP contribution < -0.4 is 19.2 Å². The van der Waals surface area contributed by atoms with E-state index < -0.39 is 22.5 Å². The number of methoxy groups -OCH3 is 2. The molecule has 3 aromatic carbocycles. The number of amides is 1. The van der Waals surface area contributed by atoms with Crippen molar-refractivity contribution in [2.24, 2.45) is 5.10 Å². The molecule has 0 aromatic heterocycles. The van der Waals surface area contributed by atoms with Gasteiger partial charge in [-0.3, -0.25) is 9.10 Å². The second kappa shape index (κ2) is 11.2. The molecule has 34 heavy (non-hydrogen) atoms. The van der Waals surface area contributed by atoms with Crippen LogP contribution in [0.25, 0.3) is 0 Å². The molecule has 0 aliphatic rings. The Labute approximate surface area is 207 Å². The molecule has 0 bridgehead atoms. The SMILES string of the molecule is COc1ccc(/C=N/NC(=O)CN(c2cccc(Cl)c2Cl)S(=O)(=O)c2ccccc2)cc1OC. The maximum atomic E-state index is 13.3. The van der Waals surface area contributed by atoms with Crippen molar-refractivity contribution in [3.05, 3.63) is 82.3 Å². The number of anilines is 1. The Bertz CT molecular complexity index is 1300. The van der Waals surface area contributed by atoms with Gasteiger partial charge in [-0.15, -0.1) is 0 Å². The van der Waals surface area contributed by atoms with E-state index in [0.717, 1.165) is 4.31 Å². The van der Waals surface area contributed by atoms with Crippen molar-refractivity contribution in [3.8, 4) is 11.5 Å². The van der Waals surface area contributed by atoms with Gasteiger partial charge in [0.2, 0.25) is 0 Å². The van der Waals surface area contributed by atoms with Crippen LogP contribution in [0, 0.1) is 0 Å². The highest BCUT2D eigenvalue weighted by Gasteiger charge is 2.29. The maximum Gasteiger partial charge on any atom is 0.264 e. The predicted octanol–water partition coefficient (Wildman–Crippen LogP) is 4.36. The van der Waals surface area contributed by atoms with Crippen LogP contribution in [0.1, 0.15) is 5.56 Å². The summed E-state index contributed by atoms with van der Waals surface area (Å²) in [6.45, 7) is -0.583. The third-order valence-corrected chi connectivity index (χ3v) is 7.21. The molecule has 0 unspecified atom stereocenters. The minimum atomic E-state index is -4.14. The topological polar surface area (TPSA) is 97.3 Å². The summed E-state index contributed by atoms with van der Waals surface area (Å²) >= 11 is 12.4. The third kappa shape index (κ3) is 5.80. The fraction of sp³-hybridized carbons (Fsp3) is 0.130. The monoisotopic (exact) mass is 521 g/mol. The van der Waals surface area contributed by atoms with Crippen LogP contribution in [0.4, 0.5) is 5.69 Å². The predicted molar refractivity (Wildman–Crippen MR) is 133 cm³/mol. The molecule has 0 atom stereocenters. The van der Waals surface area contributed by atoms with Gasteiger partial charge in [0, 0.05) is 0 Å². The van der Waals surface area contributed by atoms with Crippen LogP contribution in [0.5, 0.6) is 11.5 Å². The van der Waals surface area contributed by atoms with Crippen LogP contribution >= 0.6 is 23.2 Å². The Morgan fingerprint density at radius 2 is 1.71 bits per heavy atom. The van der Waals surface area contributed by atoms with Crippen LogP contribution in [0.3, 0.4) is 0 Å². The van der Waals surface area contributed by atoms with Crippen molar-refractivity contribution in [1.29, 1.82) is 0 Å². The summed E-state index contributed by atoms with van der Waals surface area (Å²) in [4.78, 5) is 12.7.